The summed E-state index contributed by atoms with van der Waals surface area (Å²) in [6.45, 7) is -0.716. The van der Waals surface area contributed by atoms with Crippen LogP contribution in [0.2, 0.25) is 0 Å². The lowest BCUT2D eigenvalue weighted by Crippen LogP contribution is -2.55. The Labute approximate surface area is 224 Å². The number of likely N-dealkylation sites (tertiary alicyclic amines) is 1. The number of carbonyl (C=O) groups is 1. The number of hydrogen-bond acceptors (Lipinski definition) is 4. The maximum absolute atomic E-state index is 14.1. The van der Waals surface area contributed by atoms with Gasteiger partial charge >= 0.3 is 18.4 Å². The van der Waals surface area contributed by atoms with E-state index >= 15 is 0 Å². The molecule has 6 nitrogen and oxygen atoms in total. The average Bonchev–Trinajstić information content (AvgIpc) is 3.39. The van der Waals surface area contributed by atoms with Crippen molar-refractivity contribution in [2.24, 2.45) is 0 Å². The van der Waals surface area contributed by atoms with Gasteiger partial charge in [0.15, 0.2) is 0 Å². The number of rotatable bonds is 6. The van der Waals surface area contributed by atoms with Gasteiger partial charge in [0.25, 0.3) is 5.60 Å². The molecule has 0 radical (unpaired) electrons. The second-order valence-electron chi connectivity index (χ2n) is 9.61. The highest BCUT2D eigenvalue weighted by molar-refractivity contribution is 5.75. The second kappa shape index (κ2) is 11.5. The van der Waals surface area contributed by atoms with Crippen LogP contribution in [0.15, 0.2) is 42.5 Å². The van der Waals surface area contributed by atoms with Crippen molar-refractivity contribution in [1.29, 1.82) is 0 Å². The Kier molecular flexibility index (Phi) is 8.62. The van der Waals surface area contributed by atoms with Crippen molar-refractivity contribution in [3.05, 3.63) is 70.8 Å². The molecule has 2 aliphatic rings. The molecule has 220 valence electrons. The summed E-state index contributed by atoms with van der Waals surface area (Å²) in [5.41, 5.74) is -6.84. The van der Waals surface area contributed by atoms with Crippen molar-refractivity contribution in [2.75, 3.05) is 39.5 Å². The zero-order valence-corrected chi connectivity index (χ0v) is 20.9. The smallest absolute Gasteiger partial charge is 0.394 e. The van der Waals surface area contributed by atoms with Crippen LogP contribution in [0.25, 0.3) is 0 Å². The van der Waals surface area contributed by atoms with E-state index in [4.69, 9.17) is 4.74 Å². The topological polar surface area (TPSA) is 62.2 Å². The maximum atomic E-state index is 14.1. The predicted octanol–water partition coefficient (Wildman–Crippen LogP) is 5.10. The molecule has 1 N–H and O–H groups in total. The number of urea groups is 1. The maximum Gasteiger partial charge on any atom is 0.430 e. The monoisotopic (exact) mass is 582 g/mol. The lowest BCUT2D eigenvalue weighted by molar-refractivity contribution is -0.392. The number of halogens is 8. The molecule has 2 aliphatic heterocycles. The fourth-order valence-electron chi connectivity index (χ4n) is 5.02. The summed E-state index contributed by atoms with van der Waals surface area (Å²) >= 11 is 0. The molecule has 2 heterocycles. The zero-order chi connectivity index (χ0) is 29.3. The number of aliphatic hydroxyl groups excluding tert-OH is 1. The van der Waals surface area contributed by atoms with Crippen molar-refractivity contribution in [3.8, 4) is 0 Å². The summed E-state index contributed by atoms with van der Waals surface area (Å²) in [5.74, 6) is -3.07. The predicted molar refractivity (Wildman–Crippen MR) is 124 cm³/mol. The molecule has 0 bridgehead atoms. The molecule has 2 unspecified atom stereocenters. The highest BCUT2D eigenvalue weighted by atomic mass is 19.4. The first kappa shape index (κ1) is 30.0. The van der Waals surface area contributed by atoms with Crippen LogP contribution in [0.3, 0.4) is 0 Å². The minimum Gasteiger partial charge on any atom is -0.394 e. The van der Waals surface area contributed by atoms with Gasteiger partial charge < -0.3 is 24.4 Å². The van der Waals surface area contributed by atoms with E-state index in [9.17, 15) is 45.0 Å². The van der Waals surface area contributed by atoms with Gasteiger partial charge in [-0.15, -0.1) is 0 Å². The molecule has 14 heteroatoms. The summed E-state index contributed by atoms with van der Waals surface area (Å²) in [6.07, 6.45) is -11.7. The standard InChI is InChI=1S/C26H26F8N2O4/c27-21-2-1-3-22(28)20(21)15-40-24(25(29,30)31,26(32,33)34)18-6-4-16(5-7-18)17-8-9-35(12-17)23(38)36-10-11-39-14-19(36)13-37/h1-7,17,19,37H,8-15H2. The molecule has 4 rings (SSSR count). The number of amides is 2. The molecule has 0 aromatic heterocycles. The molecule has 2 aromatic carbocycles. The Morgan fingerprint density at radius 2 is 1.60 bits per heavy atom. The van der Waals surface area contributed by atoms with Gasteiger partial charge in [0, 0.05) is 36.7 Å². The van der Waals surface area contributed by atoms with E-state index in [2.05, 4.69) is 4.74 Å². The van der Waals surface area contributed by atoms with Crippen molar-refractivity contribution in [2.45, 2.75) is 42.9 Å². The average molecular weight is 582 g/mol. The molecule has 0 aliphatic carbocycles. The molecule has 2 atom stereocenters. The van der Waals surface area contributed by atoms with Crippen LogP contribution in [-0.2, 0) is 21.7 Å². The Morgan fingerprint density at radius 1 is 0.975 bits per heavy atom. The Morgan fingerprint density at radius 3 is 2.17 bits per heavy atom. The highest BCUT2D eigenvalue weighted by Gasteiger charge is 2.73. The molecule has 2 saturated heterocycles. The first-order valence-corrected chi connectivity index (χ1v) is 12.3. The molecule has 0 saturated carbocycles. The van der Waals surface area contributed by atoms with Crippen LogP contribution in [0.5, 0.6) is 0 Å². The zero-order valence-electron chi connectivity index (χ0n) is 20.9. The first-order valence-electron chi connectivity index (χ1n) is 12.3. The highest BCUT2D eigenvalue weighted by Crippen LogP contribution is 2.53. The molecule has 2 fully saturated rings. The number of ether oxygens (including phenoxy) is 2. The number of aliphatic hydroxyl groups is 1. The molecular formula is C26H26F8N2O4. The van der Waals surface area contributed by atoms with E-state index in [1.807, 2.05) is 0 Å². The first-order chi connectivity index (χ1) is 18.8. The molecule has 2 amide bonds. The molecule has 0 spiro atoms. The third-order valence-electron chi connectivity index (χ3n) is 7.22. The molecular weight excluding hydrogens is 556 g/mol. The van der Waals surface area contributed by atoms with Gasteiger partial charge in [0.05, 0.1) is 32.5 Å². The van der Waals surface area contributed by atoms with Gasteiger partial charge in [-0.1, -0.05) is 30.3 Å². The number of morpholine rings is 1. The quantitative estimate of drug-likeness (QED) is 0.482. The van der Waals surface area contributed by atoms with Crippen LogP contribution in [0.1, 0.15) is 29.0 Å². The summed E-state index contributed by atoms with van der Waals surface area (Å²) in [6, 6.07) is 4.88. The second-order valence-corrected chi connectivity index (χ2v) is 9.61. The summed E-state index contributed by atoms with van der Waals surface area (Å²) in [4.78, 5) is 15.9. The van der Waals surface area contributed by atoms with Crippen molar-refractivity contribution in [3.63, 3.8) is 0 Å². The van der Waals surface area contributed by atoms with Gasteiger partial charge in [0.2, 0.25) is 0 Å². The van der Waals surface area contributed by atoms with Crippen LogP contribution in [0, 0.1) is 11.6 Å². The van der Waals surface area contributed by atoms with Crippen molar-refractivity contribution >= 4 is 6.03 Å². The van der Waals surface area contributed by atoms with Crippen molar-refractivity contribution < 1.29 is 54.5 Å². The minimum absolute atomic E-state index is 0.167. The Balaban J connectivity index is 1.57. The number of hydrogen-bond donors (Lipinski definition) is 1. The van der Waals surface area contributed by atoms with E-state index in [0.717, 1.165) is 18.2 Å². The number of alkyl halides is 6. The van der Waals surface area contributed by atoms with Gasteiger partial charge in [-0.25, -0.2) is 13.6 Å². The van der Waals surface area contributed by atoms with Crippen LogP contribution < -0.4 is 0 Å². The van der Waals surface area contributed by atoms with Crippen molar-refractivity contribution in [1.82, 2.24) is 9.80 Å². The summed E-state index contributed by atoms with van der Waals surface area (Å²) in [7, 11) is 0. The minimum atomic E-state index is -6.04. The van der Waals surface area contributed by atoms with E-state index in [1.54, 1.807) is 0 Å². The Hall–Kier alpha value is -2.97. The number of carbonyl (C=O) groups excluding carboxylic acids is 1. The van der Waals surface area contributed by atoms with Crippen LogP contribution >= 0.6 is 0 Å². The van der Waals surface area contributed by atoms with E-state index in [0.29, 0.717) is 49.4 Å². The molecule has 40 heavy (non-hydrogen) atoms. The molecule has 2 aromatic rings. The van der Waals surface area contributed by atoms with Gasteiger partial charge in [0.1, 0.15) is 11.6 Å². The SMILES string of the molecule is O=C(N1CCC(c2ccc(C(OCc3c(F)cccc3F)(C(F)(F)F)C(F)(F)F)cc2)C1)N1CCOCC1CO. The van der Waals surface area contributed by atoms with Gasteiger partial charge in [-0.2, -0.15) is 26.3 Å². The normalized spacial score (nSPS) is 20.7. The third kappa shape index (κ3) is 5.61. The lowest BCUT2D eigenvalue weighted by Gasteiger charge is -2.37. The largest absolute Gasteiger partial charge is 0.430 e. The fourth-order valence-corrected chi connectivity index (χ4v) is 5.02. The fraction of sp³-hybridized carbons (Fsp3) is 0.500. The van der Waals surface area contributed by atoms with E-state index in [-0.39, 0.29) is 38.3 Å². The summed E-state index contributed by atoms with van der Waals surface area (Å²) < 4.78 is 122. The lowest BCUT2D eigenvalue weighted by atomic mass is 9.89. The van der Waals surface area contributed by atoms with Gasteiger partial charge in [-0.05, 0) is 24.1 Å². The van der Waals surface area contributed by atoms with E-state index < -0.39 is 53.4 Å². The number of benzene rings is 2. The van der Waals surface area contributed by atoms with Crippen LogP contribution in [-0.4, -0.2) is 78.8 Å². The van der Waals surface area contributed by atoms with E-state index in [1.165, 1.54) is 9.80 Å². The number of nitrogens with zero attached hydrogens (tertiary/aromatic N) is 2. The van der Waals surface area contributed by atoms with Crippen LogP contribution in [0.4, 0.5) is 39.9 Å². The Bertz CT molecular complexity index is 1150. The third-order valence-corrected chi connectivity index (χ3v) is 7.22. The summed E-state index contributed by atoms with van der Waals surface area (Å²) in [5, 5.41) is 9.52. The van der Waals surface area contributed by atoms with Gasteiger partial charge in [-0.3, -0.25) is 0 Å².